The average Bonchev–Trinajstić information content (AvgIpc) is 2.99. The lowest BCUT2D eigenvalue weighted by Crippen LogP contribution is -2.38. The molecule has 5 heteroatoms. The molecule has 0 amide bonds. The van der Waals surface area contributed by atoms with Crippen LogP contribution in [0.15, 0.2) is 12.2 Å². The minimum Gasteiger partial charge on any atom is -0.469 e. The van der Waals surface area contributed by atoms with Gasteiger partial charge in [-0.05, 0) is 50.4 Å². The zero-order valence-corrected chi connectivity index (χ0v) is 13.5. The van der Waals surface area contributed by atoms with Crippen LogP contribution in [0.25, 0.3) is 0 Å². The van der Waals surface area contributed by atoms with Crippen molar-refractivity contribution in [2.24, 2.45) is 35.0 Å². The van der Waals surface area contributed by atoms with Gasteiger partial charge in [0.2, 0.25) is 0 Å². The van der Waals surface area contributed by atoms with E-state index in [0.29, 0.717) is 0 Å². The molecule has 5 nitrogen and oxygen atoms in total. The molecule has 0 heterocycles. The number of hydrogen-bond donors (Lipinski definition) is 1. The summed E-state index contributed by atoms with van der Waals surface area (Å²) in [6, 6.07) is 0. The van der Waals surface area contributed by atoms with Crippen LogP contribution in [0.4, 0.5) is 0 Å². The number of ether oxygens (including phenoxy) is 2. The fraction of sp³-hybridized carbons (Fsp3) is 0.765. The molecule has 0 aromatic rings. The predicted molar refractivity (Wildman–Crippen MR) is 78.6 cm³/mol. The highest BCUT2D eigenvalue weighted by molar-refractivity contribution is 5.85. The summed E-state index contributed by atoms with van der Waals surface area (Å²) in [5.41, 5.74) is -0.731. The number of carbonyl (C=O) groups excluding carboxylic acids is 2. The normalized spacial score (nSPS) is 41.8. The molecule has 2 bridgehead atoms. The number of carbonyl (C=O) groups is 2. The Bertz CT molecular complexity index is 532. The van der Waals surface area contributed by atoms with Gasteiger partial charge < -0.3 is 14.6 Å². The molecule has 122 valence electrons. The van der Waals surface area contributed by atoms with Gasteiger partial charge in [0.05, 0.1) is 18.9 Å². The number of methoxy groups -OCH3 is 1. The third-order valence-electron chi connectivity index (χ3n) is 5.50. The molecule has 2 unspecified atom stereocenters. The first-order chi connectivity index (χ1) is 10.3. The third kappa shape index (κ3) is 2.02. The van der Waals surface area contributed by atoms with Gasteiger partial charge in [0, 0.05) is 6.61 Å². The molecule has 2 saturated carbocycles. The number of allylic oxidation sites excluding steroid dienone is 2. The van der Waals surface area contributed by atoms with E-state index in [0.717, 1.165) is 6.42 Å². The van der Waals surface area contributed by atoms with Crippen LogP contribution in [-0.2, 0) is 19.1 Å². The van der Waals surface area contributed by atoms with E-state index in [1.54, 1.807) is 0 Å². The van der Waals surface area contributed by atoms with Crippen molar-refractivity contribution < 1.29 is 24.2 Å². The zero-order valence-electron chi connectivity index (χ0n) is 13.5. The van der Waals surface area contributed by atoms with Crippen molar-refractivity contribution in [1.29, 1.82) is 0 Å². The van der Waals surface area contributed by atoms with Gasteiger partial charge in [-0.15, -0.1) is 0 Å². The van der Waals surface area contributed by atoms with Gasteiger partial charge in [-0.2, -0.15) is 0 Å². The van der Waals surface area contributed by atoms with E-state index in [1.807, 2.05) is 32.9 Å². The van der Waals surface area contributed by atoms with Gasteiger partial charge in [-0.3, -0.25) is 9.59 Å². The second kappa shape index (κ2) is 4.82. The monoisotopic (exact) mass is 308 g/mol. The molecule has 3 aliphatic carbocycles. The summed E-state index contributed by atoms with van der Waals surface area (Å²) in [6.07, 6.45) is 4.93. The van der Waals surface area contributed by atoms with E-state index in [9.17, 15) is 14.7 Å². The Morgan fingerprint density at radius 2 is 1.73 bits per heavy atom. The minimum atomic E-state index is -0.587. The van der Waals surface area contributed by atoms with Gasteiger partial charge >= 0.3 is 11.9 Å². The van der Waals surface area contributed by atoms with E-state index in [2.05, 4.69) is 0 Å². The minimum absolute atomic E-state index is 0.0281. The highest BCUT2D eigenvalue weighted by atomic mass is 16.6. The van der Waals surface area contributed by atoms with Crippen molar-refractivity contribution in [1.82, 2.24) is 0 Å². The largest absolute Gasteiger partial charge is 0.469 e. The maximum atomic E-state index is 12.7. The lowest BCUT2D eigenvalue weighted by atomic mass is 9.83. The molecule has 0 aromatic heterocycles. The zero-order chi connectivity index (χ0) is 16.3. The Kier molecular flexibility index (Phi) is 3.40. The molecule has 0 aliphatic heterocycles. The highest BCUT2D eigenvalue weighted by Gasteiger charge is 2.75. The van der Waals surface area contributed by atoms with Gasteiger partial charge in [-0.25, -0.2) is 0 Å². The van der Waals surface area contributed by atoms with Gasteiger partial charge in [-0.1, -0.05) is 12.2 Å². The number of aliphatic hydroxyl groups excluding tert-OH is 1. The molecule has 0 saturated heterocycles. The first kappa shape index (κ1) is 15.5. The lowest BCUT2D eigenvalue weighted by Gasteiger charge is -2.28. The van der Waals surface area contributed by atoms with Crippen molar-refractivity contribution in [3.05, 3.63) is 12.2 Å². The summed E-state index contributed by atoms with van der Waals surface area (Å²) in [4.78, 5) is 24.9. The summed E-state index contributed by atoms with van der Waals surface area (Å²) < 4.78 is 10.5. The summed E-state index contributed by atoms with van der Waals surface area (Å²) in [5, 5.41) is 9.53. The van der Waals surface area contributed by atoms with Gasteiger partial charge in [0.25, 0.3) is 0 Å². The molecule has 0 radical (unpaired) electrons. The van der Waals surface area contributed by atoms with Gasteiger partial charge in [0.1, 0.15) is 5.60 Å². The summed E-state index contributed by atoms with van der Waals surface area (Å²) >= 11 is 0. The van der Waals surface area contributed by atoms with Crippen LogP contribution in [0, 0.1) is 35.0 Å². The quantitative estimate of drug-likeness (QED) is 0.632. The fourth-order valence-electron chi connectivity index (χ4n) is 4.69. The first-order valence-corrected chi connectivity index (χ1v) is 7.86. The smallest absolute Gasteiger partial charge is 0.310 e. The van der Waals surface area contributed by atoms with Crippen molar-refractivity contribution >= 4 is 11.9 Å². The summed E-state index contributed by atoms with van der Waals surface area (Å²) in [7, 11) is 1.35. The van der Waals surface area contributed by atoms with Crippen LogP contribution >= 0.6 is 0 Å². The molecular formula is C17H24O5. The molecule has 1 spiro atoms. The maximum Gasteiger partial charge on any atom is 0.310 e. The highest BCUT2D eigenvalue weighted by Crippen LogP contribution is 2.75. The number of esters is 2. The molecular weight excluding hydrogens is 284 g/mol. The van der Waals surface area contributed by atoms with Crippen molar-refractivity contribution in [2.45, 2.75) is 32.8 Å². The van der Waals surface area contributed by atoms with Crippen molar-refractivity contribution in [3.8, 4) is 0 Å². The second-order valence-corrected chi connectivity index (χ2v) is 7.74. The molecule has 1 N–H and O–H groups in total. The SMILES string of the molecule is COC(=O)[C@H]1[C@H](C(=O)OC(C)(C)C)[C@H]2C=C[C@@H]1C21CC1CO. The summed E-state index contributed by atoms with van der Waals surface area (Å²) in [6.45, 7) is 5.57. The van der Waals surface area contributed by atoms with E-state index >= 15 is 0 Å². The van der Waals surface area contributed by atoms with Crippen molar-refractivity contribution in [3.63, 3.8) is 0 Å². The molecule has 6 atom stereocenters. The topological polar surface area (TPSA) is 72.8 Å². The predicted octanol–water partition coefficient (Wildman–Crippen LogP) is 1.55. The van der Waals surface area contributed by atoms with Crippen LogP contribution in [-0.4, -0.2) is 36.4 Å². The Balaban J connectivity index is 1.92. The fourth-order valence-corrected chi connectivity index (χ4v) is 4.69. The Morgan fingerprint density at radius 3 is 2.14 bits per heavy atom. The molecule has 0 aromatic carbocycles. The number of rotatable bonds is 3. The van der Waals surface area contributed by atoms with E-state index in [4.69, 9.17) is 9.47 Å². The third-order valence-corrected chi connectivity index (χ3v) is 5.50. The molecule has 2 fully saturated rings. The van der Waals surface area contributed by atoms with Crippen LogP contribution in [0.3, 0.4) is 0 Å². The van der Waals surface area contributed by atoms with E-state index in [1.165, 1.54) is 7.11 Å². The van der Waals surface area contributed by atoms with Crippen LogP contribution in [0.1, 0.15) is 27.2 Å². The molecule has 3 aliphatic rings. The first-order valence-electron chi connectivity index (χ1n) is 7.86. The molecule has 22 heavy (non-hydrogen) atoms. The lowest BCUT2D eigenvalue weighted by molar-refractivity contribution is -0.168. The number of hydrogen-bond acceptors (Lipinski definition) is 5. The molecule has 3 rings (SSSR count). The Morgan fingerprint density at radius 1 is 1.18 bits per heavy atom. The standard InChI is InChI=1S/C17H24O5/c1-16(2,3)22-15(20)13-11-6-5-10(12(13)14(19)21-4)17(11)7-9(17)8-18/h5-6,9-13,18H,7-8H2,1-4H3/t9?,10-,11+,12+,13+,17?/m0/s1. The van der Waals surface area contributed by atoms with E-state index in [-0.39, 0.29) is 41.7 Å². The maximum absolute atomic E-state index is 12.7. The Labute approximate surface area is 130 Å². The van der Waals surface area contributed by atoms with Crippen LogP contribution < -0.4 is 0 Å². The van der Waals surface area contributed by atoms with Crippen LogP contribution in [0.2, 0.25) is 0 Å². The number of aliphatic hydroxyl groups is 1. The Hall–Kier alpha value is -1.36. The van der Waals surface area contributed by atoms with Gasteiger partial charge in [0.15, 0.2) is 0 Å². The second-order valence-electron chi connectivity index (χ2n) is 7.74. The summed E-state index contributed by atoms with van der Waals surface area (Å²) in [5.74, 6) is -1.58. The van der Waals surface area contributed by atoms with Crippen LogP contribution in [0.5, 0.6) is 0 Å². The average molecular weight is 308 g/mol. The van der Waals surface area contributed by atoms with E-state index < -0.39 is 17.4 Å². The van der Waals surface area contributed by atoms with Crippen molar-refractivity contribution in [2.75, 3.05) is 13.7 Å².